The van der Waals surface area contributed by atoms with Gasteiger partial charge in [0.05, 0.1) is 13.2 Å². The number of Topliss-reactive ketones (excluding diaryl/α,β-unsaturated/α-hetero) is 1. The van der Waals surface area contributed by atoms with Gasteiger partial charge in [0, 0.05) is 11.8 Å². The summed E-state index contributed by atoms with van der Waals surface area (Å²) < 4.78 is 5.43. The highest BCUT2D eigenvalue weighted by Crippen LogP contribution is 2.62. The Morgan fingerprint density at radius 3 is 2.89 bits per heavy atom. The highest BCUT2D eigenvalue weighted by atomic mass is 16.5. The molecule has 1 N–H and O–H groups in total. The highest BCUT2D eigenvalue weighted by Gasteiger charge is 2.58. The van der Waals surface area contributed by atoms with Crippen LogP contribution in [0.4, 0.5) is 0 Å². The monoisotopic (exact) mass is 370 g/mol. The maximum absolute atomic E-state index is 13.0. The van der Waals surface area contributed by atoms with Crippen LogP contribution in [-0.4, -0.2) is 24.1 Å². The summed E-state index contributed by atoms with van der Waals surface area (Å²) >= 11 is 0. The number of aliphatic hydroxyl groups excluding tert-OH is 1. The number of ether oxygens (including phenoxy) is 1. The average molecular weight is 371 g/mol. The molecule has 3 aliphatic rings. The number of carbonyl (C=O) groups excluding carboxylic acids is 1. The fraction of sp³-hybridized carbons (Fsp3) is 0.708. The van der Waals surface area contributed by atoms with Crippen molar-refractivity contribution < 1.29 is 14.6 Å². The Kier molecular flexibility index (Phi) is 5.09. The predicted octanol–water partition coefficient (Wildman–Crippen LogP) is 4.90. The molecule has 0 radical (unpaired) electrons. The summed E-state index contributed by atoms with van der Waals surface area (Å²) in [6.07, 6.45) is 7.60. The van der Waals surface area contributed by atoms with Gasteiger partial charge in [-0.25, -0.2) is 0 Å². The number of ketones is 1. The van der Waals surface area contributed by atoms with Gasteiger partial charge < -0.3 is 9.84 Å². The molecule has 2 unspecified atom stereocenters. The molecular formula is C24H34O3. The summed E-state index contributed by atoms with van der Waals surface area (Å²) in [5, 5.41) is 10.1. The Labute approximate surface area is 163 Å². The summed E-state index contributed by atoms with van der Waals surface area (Å²) in [7, 11) is 1.73. The van der Waals surface area contributed by atoms with Gasteiger partial charge in [-0.05, 0) is 91.9 Å². The van der Waals surface area contributed by atoms with Crippen molar-refractivity contribution in [1.82, 2.24) is 0 Å². The minimum atomic E-state index is -0.217. The average Bonchev–Trinajstić information content (AvgIpc) is 2.95. The molecule has 0 bridgehead atoms. The number of aryl methyl sites for hydroxylation is 1. The molecule has 3 nitrogen and oxygen atoms in total. The molecule has 3 heteroatoms. The second-order valence-corrected chi connectivity index (χ2v) is 9.38. The second kappa shape index (κ2) is 7.24. The Balaban J connectivity index is 1.62. The molecule has 0 spiro atoms. The van der Waals surface area contributed by atoms with E-state index in [9.17, 15) is 9.90 Å². The molecule has 0 heterocycles. The quantitative estimate of drug-likeness (QED) is 0.802. The Bertz CT molecular complexity index is 712. The summed E-state index contributed by atoms with van der Waals surface area (Å²) in [6, 6.07) is 6.60. The van der Waals surface area contributed by atoms with E-state index in [1.54, 1.807) is 7.11 Å². The van der Waals surface area contributed by atoms with E-state index in [-0.39, 0.29) is 11.5 Å². The maximum Gasteiger partial charge on any atom is 0.139 e. The van der Waals surface area contributed by atoms with E-state index in [2.05, 4.69) is 25.1 Å². The van der Waals surface area contributed by atoms with E-state index in [1.165, 1.54) is 17.5 Å². The SMILES string of the molecule is CCC(O)CCC1CC(=O)[C@@]2(C)CC[C@@H]3c4ccc(OC)cc4CC[C@H]3[C@H]12. The van der Waals surface area contributed by atoms with E-state index in [1.807, 2.05) is 6.92 Å². The van der Waals surface area contributed by atoms with Crippen molar-refractivity contribution in [3.8, 4) is 5.75 Å². The first-order valence-electron chi connectivity index (χ1n) is 10.9. The Hall–Kier alpha value is -1.35. The van der Waals surface area contributed by atoms with Crippen molar-refractivity contribution in [2.24, 2.45) is 23.2 Å². The lowest BCUT2D eigenvalue weighted by Crippen LogP contribution is -2.44. The van der Waals surface area contributed by atoms with Crippen LogP contribution in [0.25, 0.3) is 0 Å². The van der Waals surface area contributed by atoms with E-state index in [0.717, 1.165) is 50.7 Å². The number of carbonyl (C=O) groups is 1. The van der Waals surface area contributed by atoms with Crippen molar-refractivity contribution in [2.75, 3.05) is 7.11 Å². The normalized spacial score (nSPS) is 35.9. The van der Waals surface area contributed by atoms with Gasteiger partial charge in [-0.2, -0.15) is 0 Å². The molecule has 2 saturated carbocycles. The third-order valence-corrected chi connectivity index (χ3v) is 8.12. The molecule has 1 aromatic rings. The lowest BCUT2D eigenvalue weighted by molar-refractivity contribution is -0.129. The molecule has 0 aliphatic heterocycles. The van der Waals surface area contributed by atoms with Crippen LogP contribution in [0.1, 0.15) is 75.8 Å². The summed E-state index contributed by atoms with van der Waals surface area (Å²) in [5.74, 6) is 3.58. The first-order chi connectivity index (χ1) is 13.0. The first kappa shape index (κ1) is 19.0. The van der Waals surface area contributed by atoms with Crippen molar-refractivity contribution in [3.05, 3.63) is 29.3 Å². The molecular weight excluding hydrogens is 336 g/mol. The van der Waals surface area contributed by atoms with Crippen LogP contribution >= 0.6 is 0 Å². The van der Waals surface area contributed by atoms with E-state index in [0.29, 0.717) is 29.5 Å². The maximum atomic E-state index is 13.0. The second-order valence-electron chi connectivity index (χ2n) is 9.38. The Morgan fingerprint density at radius 2 is 2.15 bits per heavy atom. The van der Waals surface area contributed by atoms with Crippen LogP contribution in [0.5, 0.6) is 5.75 Å². The first-order valence-corrected chi connectivity index (χ1v) is 10.9. The van der Waals surface area contributed by atoms with Gasteiger partial charge in [-0.3, -0.25) is 4.79 Å². The van der Waals surface area contributed by atoms with Crippen molar-refractivity contribution in [2.45, 2.75) is 77.2 Å². The number of hydrogen-bond acceptors (Lipinski definition) is 3. The number of fused-ring (bicyclic) bond motifs is 5. The van der Waals surface area contributed by atoms with Gasteiger partial charge in [-0.1, -0.05) is 19.9 Å². The van der Waals surface area contributed by atoms with Crippen LogP contribution in [0.2, 0.25) is 0 Å². The standard InChI is InChI=1S/C24H34O3/c1-4-17(25)7-5-16-14-22(26)24(2)12-11-20-19-10-8-18(27-3)13-15(19)6-9-21(20)23(16)24/h8,10,13,16-17,20-21,23,25H,4-7,9,11-12,14H2,1-3H3/t16?,17?,20-,21-,23+,24-/m1/s1. The number of rotatable bonds is 5. The zero-order valence-corrected chi connectivity index (χ0v) is 17.0. The van der Waals surface area contributed by atoms with Gasteiger partial charge in [-0.15, -0.1) is 0 Å². The fourth-order valence-corrected chi connectivity index (χ4v) is 6.62. The van der Waals surface area contributed by atoms with Gasteiger partial charge in [0.15, 0.2) is 0 Å². The van der Waals surface area contributed by atoms with E-state index < -0.39 is 0 Å². The smallest absolute Gasteiger partial charge is 0.139 e. The fourth-order valence-electron chi connectivity index (χ4n) is 6.62. The number of benzene rings is 1. The summed E-state index contributed by atoms with van der Waals surface area (Å²) in [5.41, 5.74) is 2.81. The summed E-state index contributed by atoms with van der Waals surface area (Å²) in [4.78, 5) is 13.0. The minimum Gasteiger partial charge on any atom is -0.497 e. The molecule has 6 atom stereocenters. The van der Waals surface area contributed by atoms with Gasteiger partial charge >= 0.3 is 0 Å². The van der Waals surface area contributed by atoms with Crippen molar-refractivity contribution in [1.29, 1.82) is 0 Å². The highest BCUT2D eigenvalue weighted by molar-refractivity contribution is 5.87. The lowest BCUT2D eigenvalue weighted by atomic mass is 9.54. The van der Waals surface area contributed by atoms with Crippen molar-refractivity contribution in [3.63, 3.8) is 0 Å². The van der Waals surface area contributed by atoms with Crippen LogP contribution in [0.15, 0.2) is 18.2 Å². The molecule has 2 fully saturated rings. The van der Waals surface area contributed by atoms with Crippen LogP contribution < -0.4 is 4.74 Å². The molecule has 1 aromatic carbocycles. The molecule has 27 heavy (non-hydrogen) atoms. The molecule has 0 saturated heterocycles. The lowest BCUT2D eigenvalue weighted by Gasteiger charge is -2.50. The predicted molar refractivity (Wildman–Crippen MR) is 107 cm³/mol. The van der Waals surface area contributed by atoms with E-state index >= 15 is 0 Å². The third-order valence-electron chi connectivity index (χ3n) is 8.12. The zero-order valence-electron chi connectivity index (χ0n) is 17.0. The minimum absolute atomic E-state index is 0.132. The topological polar surface area (TPSA) is 46.5 Å². The Morgan fingerprint density at radius 1 is 1.33 bits per heavy atom. The summed E-state index contributed by atoms with van der Waals surface area (Å²) in [6.45, 7) is 4.29. The number of methoxy groups -OCH3 is 1. The molecule has 0 aromatic heterocycles. The van der Waals surface area contributed by atoms with Gasteiger partial charge in [0.25, 0.3) is 0 Å². The van der Waals surface area contributed by atoms with Crippen LogP contribution in [0, 0.1) is 23.2 Å². The van der Waals surface area contributed by atoms with E-state index in [4.69, 9.17) is 4.74 Å². The molecule has 148 valence electrons. The van der Waals surface area contributed by atoms with Crippen LogP contribution in [-0.2, 0) is 11.2 Å². The molecule has 0 amide bonds. The number of aliphatic hydroxyl groups is 1. The molecule has 4 rings (SSSR count). The number of hydrogen-bond donors (Lipinski definition) is 1. The third kappa shape index (κ3) is 3.12. The van der Waals surface area contributed by atoms with Gasteiger partial charge in [0.1, 0.15) is 11.5 Å². The largest absolute Gasteiger partial charge is 0.497 e. The van der Waals surface area contributed by atoms with Crippen molar-refractivity contribution >= 4 is 5.78 Å². The van der Waals surface area contributed by atoms with Gasteiger partial charge in [0.2, 0.25) is 0 Å². The van der Waals surface area contributed by atoms with Crippen LogP contribution in [0.3, 0.4) is 0 Å². The molecule has 3 aliphatic carbocycles. The zero-order chi connectivity index (χ0) is 19.2.